The molecule has 0 saturated carbocycles. The zero-order valence-corrected chi connectivity index (χ0v) is 18.0. The Balaban J connectivity index is 2.08. The van der Waals surface area contributed by atoms with E-state index in [1.165, 1.54) is 0 Å². The van der Waals surface area contributed by atoms with Crippen molar-refractivity contribution in [3.8, 4) is 11.5 Å². The van der Waals surface area contributed by atoms with Gasteiger partial charge in [0.25, 0.3) is 0 Å². The number of carbonyl (C=O) groups is 1. The first-order chi connectivity index (χ1) is 13.7. The van der Waals surface area contributed by atoms with Crippen LogP contribution in [0.3, 0.4) is 0 Å². The van der Waals surface area contributed by atoms with E-state index in [0.29, 0.717) is 23.8 Å². The number of nitrogens with zero attached hydrogens (tertiary/aromatic N) is 1. The van der Waals surface area contributed by atoms with Gasteiger partial charge in [0.1, 0.15) is 18.0 Å². The fraction of sp³-hybridized carbons (Fsp3) is 0.381. The van der Waals surface area contributed by atoms with E-state index in [2.05, 4.69) is 5.32 Å². The van der Waals surface area contributed by atoms with Gasteiger partial charge in [0.2, 0.25) is 15.9 Å². The molecule has 0 radical (unpaired) electrons. The lowest BCUT2D eigenvalue weighted by Gasteiger charge is -2.22. The molecular formula is C21H28N2O5S. The number of nitrogens with one attached hydrogen (secondary N) is 1. The molecule has 0 aromatic heterocycles. The summed E-state index contributed by atoms with van der Waals surface area (Å²) >= 11 is 0. The highest BCUT2D eigenvalue weighted by Gasteiger charge is 2.21. The third-order valence-electron chi connectivity index (χ3n) is 3.93. The molecule has 29 heavy (non-hydrogen) atoms. The molecule has 0 saturated heterocycles. The Labute approximate surface area is 172 Å². The summed E-state index contributed by atoms with van der Waals surface area (Å²) in [4.78, 5) is 12.4. The summed E-state index contributed by atoms with van der Waals surface area (Å²) in [5.74, 6) is 0.912. The smallest absolute Gasteiger partial charge is 0.241 e. The Kier molecular flexibility index (Phi) is 7.90. The lowest BCUT2D eigenvalue weighted by Crippen LogP contribution is -2.40. The van der Waals surface area contributed by atoms with Crippen LogP contribution in [0.2, 0.25) is 0 Å². The molecule has 8 heteroatoms. The molecule has 0 bridgehead atoms. The summed E-state index contributed by atoms with van der Waals surface area (Å²) in [6.45, 7) is 6.14. The molecule has 2 aromatic rings. The van der Waals surface area contributed by atoms with Crippen LogP contribution in [0.15, 0.2) is 48.5 Å². The van der Waals surface area contributed by atoms with Gasteiger partial charge < -0.3 is 14.8 Å². The van der Waals surface area contributed by atoms with E-state index < -0.39 is 15.9 Å². The molecule has 1 N–H and O–H groups in total. The number of para-hydroxylation sites is 1. The third-order valence-corrected chi connectivity index (χ3v) is 5.07. The van der Waals surface area contributed by atoms with Crippen molar-refractivity contribution in [1.82, 2.24) is 5.32 Å². The molecule has 7 nitrogen and oxygen atoms in total. The molecule has 158 valence electrons. The zero-order valence-electron chi connectivity index (χ0n) is 17.2. The molecule has 0 aliphatic rings. The van der Waals surface area contributed by atoms with Crippen molar-refractivity contribution < 1.29 is 22.7 Å². The summed E-state index contributed by atoms with van der Waals surface area (Å²) in [5.41, 5.74) is 1.22. The molecule has 0 fully saturated rings. The Hall–Kier alpha value is -2.74. The molecule has 0 heterocycles. The molecule has 0 atom stereocenters. The first kappa shape index (κ1) is 22.5. The van der Waals surface area contributed by atoms with E-state index in [-0.39, 0.29) is 19.2 Å². The van der Waals surface area contributed by atoms with E-state index in [4.69, 9.17) is 9.47 Å². The van der Waals surface area contributed by atoms with Gasteiger partial charge in [-0.05, 0) is 51.1 Å². The Morgan fingerprint density at radius 2 is 1.76 bits per heavy atom. The number of sulfonamides is 1. The molecular weight excluding hydrogens is 392 g/mol. The molecule has 2 aromatic carbocycles. The van der Waals surface area contributed by atoms with Crippen LogP contribution in [0.4, 0.5) is 5.69 Å². The van der Waals surface area contributed by atoms with Gasteiger partial charge in [0.15, 0.2) is 0 Å². The van der Waals surface area contributed by atoms with Crippen molar-refractivity contribution >= 4 is 21.6 Å². The molecule has 0 aliphatic carbocycles. The second kappa shape index (κ2) is 10.2. The fourth-order valence-electron chi connectivity index (χ4n) is 2.69. The maximum absolute atomic E-state index is 12.4. The van der Waals surface area contributed by atoms with E-state index >= 15 is 0 Å². The largest absolute Gasteiger partial charge is 0.494 e. The summed E-state index contributed by atoms with van der Waals surface area (Å²) in [6.07, 6.45) is 1.08. The predicted molar refractivity (Wildman–Crippen MR) is 114 cm³/mol. The summed E-state index contributed by atoms with van der Waals surface area (Å²) < 4.78 is 36.7. The minimum Gasteiger partial charge on any atom is -0.494 e. The summed E-state index contributed by atoms with van der Waals surface area (Å²) in [7, 11) is -3.64. The maximum atomic E-state index is 12.4. The lowest BCUT2D eigenvalue weighted by molar-refractivity contribution is -0.119. The molecule has 1 amide bonds. The molecule has 2 rings (SSSR count). The van der Waals surface area contributed by atoms with Crippen LogP contribution in [0.1, 0.15) is 26.3 Å². The second-order valence-corrected chi connectivity index (χ2v) is 8.65. The molecule has 0 aliphatic heterocycles. The summed E-state index contributed by atoms with van der Waals surface area (Å²) in [5, 5.41) is 2.76. The fourth-order valence-corrected chi connectivity index (χ4v) is 3.55. The highest BCUT2D eigenvalue weighted by molar-refractivity contribution is 7.92. The van der Waals surface area contributed by atoms with Crippen LogP contribution in [-0.2, 0) is 21.4 Å². The first-order valence-electron chi connectivity index (χ1n) is 9.42. The van der Waals surface area contributed by atoms with Crippen LogP contribution in [0.25, 0.3) is 0 Å². The SMILES string of the molecule is CCOc1ccccc1CNC(=O)CN(c1ccc(OC(C)C)cc1)S(C)(=O)=O. The van der Waals surface area contributed by atoms with E-state index in [0.717, 1.165) is 16.1 Å². The number of rotatable bonds is 10. The quantitative estimate of drug-likeness (QED) is 0.639. The van der Waals surface area contributed by atoms with E-state index in [1.807, 2.05) is 45.0 Å². The van der Waals surface area contributed by atoms with Gasteiger partial charge >= 0.3 is 0 Å². The first-order valence-corrected chi connectivity index (χ1v) is 11.3. The van der Waals surface area contributed by atoms with Crippen molar-refractivity contribution in [2.45, 2.75) is 33.4 Å². The van der Waals surface area contributed by atoms with E-state index in [9.17, 15) is 13.2 Å². The van der Waals surface area contributed by atoms with Gasteiger partial charge in [-0.2, -0.15) is 0 Å². The van der Waals surface area contributed by atoms with Crippen molar-refractivity contribution in [1.29, 1.82) is 0 Å². The zero-order chi connectivity index (χ0) is 21.4. The highest BCUT2D eigenvalue weighted by Crippen LogP contribution is 2.22. The minimum atomic E-state index is -3.64. The molecule has 0 spiro atoms. The number of anilines is 1. The van der Waals surface area contributed by atoms with Crippen molar-refractivity contribution in [3.05, 3.63) is 54.1 Å². The Bertz CT molecular complexity index is 911. The van der Waals surface area contributed by atoms with E-state index in [1.54, 1.807) is 24.3 Å². The van der Waals surface area contributed by atoms with Crippen molar-refractivity contribution in [3.63, 3.8) is 0 Å². The number of ether oxygens (including phenoxy) is 2. The minimum absolute atomic E-state index is 0.0113. The van der Waals surface area contributed by atoms with Crippen LogP contribution in [0, 0.1) is 0 Å². The highest BCUT2D eigenvalue weighted by atomic mass is 32.2. The normalized spacial score (nSPS) is 11.2. The third kappa shape index (κ3) is 6.98. The lowest BCUT2D eigenvalue weighted by atomic mass is 10.2. The van der Waals surface area contributed by atoms with Crippen LogP contribution in [-0.4, -0.2) is 39.8 Å². The Morgan fingerprint density at radius 1 is 1.10 bits per heavy atom. The summed E-state index contributed by atoms with van der Waals surface area (Å²) in [6, 6.07) is 14.0. The number of carbonyl (C=O) groups excluding carboxylic acids is 1. The standard InChI is InChI=1S/C21H28N2O5S/c1-5-27-20-9-7-6-8-17(20)14-22-21(24)15-23(29(4,25)26)18-10-12-19(13-11-18)28-16(2)3/h6-13,16H,5,14-15H2,1-4H3,(H,22,24). The van der Waals surface area contributed by atoms with Crippen LogP contribution < -0.4 is 19.1 Å². The van der Waals surface area contributed by atoms with Gasteiger partial charge in [-0.15, -0.1) is 0 Å². The number of benzene rings is 2. The predicted octanol–water partition coefficient (Wildman–Crippen LogP) is 2.95. The van der Waals surface area contributed by atoms with Crippen LogP contribution in [0.5, 0.6) is 11.5 Å². The average molecular weight is 421 g/mol. The van der Waals surface area contributed by atoms with Gasteiger partial charge in [-0.1, -0.05) is 18.2 Å². The van der Waals surface area contributed by atoms with Gasteiger partial charge in [-0.25, -0.2) is 8.42 Å². The molecule has 0 unspecified atom stereocenters. The second-order valence-electron chi connectivity index (χ2n) is 6.75. The number of hydrogen-bond donors (Lipinski definition) is 1. The number of hydrogen-bond acceptors (Lipinski definition) is 5. The maximum Gasteiger partial charge on any atom is 0.241 e. The monoisotopic (exact) mass is 420 g/mol. The topological polar surface area (TPSA) is 84.9 Å². The van der Waals surface area contributed by atoms with Gasteiger partial charge in [-0.3, -0.25) is 9.10 Å². The van der Waals surface area contributed by atoms with Crippen molar-refractivity contribution in [2.24, 2.45) is 0 Å². The Morgan fingerprint density at radius 3 is 2.34 bits per heavy atom. The van der Waals surface area contributed by atoms with Crippen LogP contribution >= 0.6 is 0 Å². The van der Waals surface area contributed by atoms with Gasteiger partial charge in [0.05, 0.1) is 24.7 Å². The average Bonchev–Trinajstić information content (AvgIpc) is 2.65. The van der Waals surface area contributed by atoms with Gasteiger partial charge in [0, 0.05) is 12.1 Å². The van der Waals surface area contributed by atoms with Crippen molar-refractivity contribution in [2.75, 3.05) is 23.7 Å². The number of amides is 1.